The highest BCUT2D eigenvalue weighted by molar-refractivity contribution is 5.77. The first kappa shape index (κ1) is 18.2. The van der Waals surface area contributed by atoms with E-state index in [1.807, 2.05) is 36.5 Å². The summed E-state index contributed by atoms with van der Waals surface area (Å²) in [6.07, 6.45) is 3.72. The van der Waals surface area contributed by atoms with E-state index >= 15 is 0 Å². The lowest BCUT2D eigenvalue weighted by Gasteiger charge is -2.32. The van der Waals surface area contributed by atoms with Crippen molar-refractivity contribution in [2.24, 2.45) is 0 Å². The molecule has 26 heavy (non-hydrogen) atoms. The van der Waals surface area contributed by atoms with Gasteiger partial charge in [0, 0.05) is 31.9 Å². The van der Waals surface area contributed by atoms with Crippen LogP contribution in [-0.2, 0) is 11.3 Å². The molecule has 2 aromatic rings. The molecule has 6 heteroatoms. The number of nitrogens with zero attached hydrogens (tertiary/aromatic N) is 2. The van der Waals surface area contributed by atoms with Crippen LogP contribution in [0.5, 0.6) is 11.5 Å². The van der Waals surface area contributed by atoms with Crippen molar-refractivity contribution in [1.82, 2.24) is 15.2 Å². The van der Waals surface area contributed by atoms with Gasteiger partial charge in [0.25, 0.3) is 5.91 Å². The van der Waals surface area contributed by atoms with Crippen molar-refractivity contribution in [3.63, 3.8) is 0 Å². The van der Waals surface area contributed by atoms with Gasteiger partial charge in [0.1, 0.15) is 11.5 Å². The van der Waals surface area contributed by atoms with E-state index in [9.17, 15) is 4.79 Å². The van der Waals surface area contributed by atoms with Gasteiger partial charge < -0.3 is 14.8 Å². The van der Waals surface area contributed by atoms with Crippen LogP contribution in [-0.4, -0.2) is 48.6 Å². The number of aromatic nitrogens is 1. The van der Waals surface area contributed by atoms with Gasteiger partial charge in [-0.1, -0.05) is 6.07 Å². The molecule has 0 spiro atoms. The molecule has 1 aliphatic rings. The van der Waals surface area contributed by atoms with Crippen LogP contribution < -0.4 is 14.8 Å². The topological polar surface area (TPSA) is 63.7 Å². The molecule has 1 aromatic carbocycles. The quantitative estimate of drug-likeness (QED) is 0.825. The number of benzene rings is 1. The number of carbonyl (C=O) groups excluding carboxylic acids is 1. The Morgan fingerprint density at radius 1 is 1.15 bits per heavy atom. The molecule has 3 rings (SSSR count). The predicted molar refractivity (Wildman–Crippen MR) is 99.2 cm³/mol. The van der Waals surface area contributed by atoms with Gasteiger partial charge in [-0.25, -0.2) is 0 Å². The van der Waals surface area contributed by atoms with E-state index in [1.165, 1.54) is 0 Å². The molecule has 6 nitrogen and oxygen atoms in total. The SMILES string of the molecule is COc1ccc(OCC(=O)NC2CCN(Cc3ccccn3)CC2)cc1. The first-order valence-corrected chi connectivity index (χ1v) is 8.91. The fourth-order valence-corrected chi connectivity index (χ4v) is 3.05. The molecule has 138 valence electrons. The van der Waals surface area contributed by atoms with Gasteiger partial charge >= 0.3 is 0 Å². The molecule has 1 aliphatic heterocycles. The second kappa shape index (κ2) is 9.20. The third-order valence-corrected chi connectivity index (χ3v) is 4.49. The minimum atomic E-state index is -0.0796. The number of amides is 1. The number of nitrogens with one attached hydrogen (secondary N) is 1. The average molecular weight is 355 g/mol. The minimum Gasteiger partial charge on any atom is -0.497 e. The number of rotatable bonds is 7. The second-order valence-electron chi connectivity index (χ2n) is 6.40. The van der Waals surface area contributed by atoms with Crippen molar-refractivity contribution >= 4 is 5.91 Å². The number of piperidine rings is 1. The molecule has 0 saturated carbocycles. The largest absolute Gasteiger partial charge is 0.497 e. The van der Waals surface area contributed by atoms with E-state index in [0.29, 0.717) is 5.75 Å². The highest BCUT2D eigenvalue weighted by Gasteiger charge is 2.21. The molecular formula is C20H25N3O3. The molecular weight excluding hydrogens is 330 g/mol. The fourth-order valence-electron chi connectivity index (χ4n) is 3.05. The van der Waals surface area contributed by atoms with Crippen molar-refractivity contribution < 1.29 is 14.3 Å². The number of ether oxygens (including phenoxy) is 2. The molecule has 2 heterocycles. The van der Waals surface area contributed by atoms with E-state index in [2.05, 4.69) is 15.2 Å². The van der Waals surface area contributed by atoms with E-state index in [1.54, 1.807) is 19.2 Å². The highest BCUT2D eigenvalue weighted by Crippen LogP contribution is 2.17. The Hall–Kier alpha value is -2.60. The number of hydrogen-bond donors (Lipinski definition) is 1. The van der Waals surface area contributed by atoms with Gasteiger partial charge in [0.05, 0.1) is 12.8 Å². The van der Waals surface area contributed by atoms with Crippen LogP contribution in [0.2, 0.25) is 0 Å². The maximum Gasteiger partial charge on any atom is 0.258 e. The van der Waals surface area contributed by atoms with Crippen LogP contribution in [0.3, 0.4) is 0 Å². The van der Waals surface area contributed by atoms with Crippen LogP contribution in [0, 0.1) is 0 Å². The zero-order chi connectivity index (χ0) is 18.2. The number of methoxy groups -OCH3 is 1. The smallest absolute Gasteiger partial charge is 0.258 e. The Morgan fingerprint density at radius 3 is 2.54 bits per heavy atom. The van der Waals surface area contributed by atoms with Gasteiger partial charge in [0.15, 0.2) is 6.61 Å². The average Bonchev–Trinajstić information content (AvgIpc) is 2.69. The van der Waals surface area contributed by atoms with Gasteiger partial charge in [-0.3, -0.25) is 14.7 Å². The molecule has 1 amide bonds. The van der Waals surface area contributed by atoms with Crippen LogP contribution >= 0.6 is 0 Å². The van der Waals surface area contributed by atoms with Crippen LogP contribution in [0.1, 0.15) is 18.5 Å². The summed E-state index contributed by atoms with van der Waals surface area (Å²) < 4.78 is 10.6. The van der Waals surface area contributed by atoms with Crippen molar-refractivity contribution in [1.29, 1.82) is 0 Å². The molecule has 0 unspecified atom stereocenters. The number of pyridine rings is 1. The molecule has 0 bridgehead atoms. The Bertz CT molecular complexity index is 683. The summed E-state index contributed by atoms with van der Waals surface area (Å²) in [5.74, 6) is 1.34. The molecule has 0 aliphatic carbocycles. The third-order valence-electron chi connectivity index (χ3n) is 4.49. The molecule has 1 N–H and O–H groups in total. The Morgan fingerprint density at radius 2 is 1.88 bits per heavy atom. The van der Waals surface area contributed by atoms with Gasteiger partial charge in [-0.15, -0.1) is 0 Å². The lowest BCUT2D eigenvalue weighted by atomic mass is 10.0. The summed E-state index contributed by atoms with van der Waals surface area (Å²) in [4.78, 5) is 18.8. The van der Waals surface area contributed by atoms with Crippen molar-refractivity contribution in [3.05, 3.63) is 54.4 Å². The number of hydrogen-bond acceptors (Lipinski definition) is 5. The van der Waals surface area contributed by atoms with Crippen LogP contribution in [0.4, 0.5) is 0 Å². The lowest BCUT2D eigenvalue weighted by molar-refractivity contribution is -0.124. The minimum absolute atomic E-state index is 0.0283. The summed E-state index contributed by atoms with van der Waals surface area (Å²) >= 11 is 0. The summed E-state index contributed by atoms with van der Waals surface area (Å²) in [5.41, 5.74) is 1.09. The van der Waals surface area contributed by atoms with Crippen molar-refractivity contribution in [3.8, 4) is 11.5 Å². The van der Waals surface area contributed by atoms with Crippen molar-refractivity contribution in [2.75, 3.05) is 26.8 Å². The zero-order valence-corrected chi connectivity index (χ0v) is 15.1. The summed E-state index contributed by atoms with van der Waals surface area (Å²) in [6, 6.07) is 13.4. The van der Waals surface area contributed by atoms with E-state index in [0.717, 1.165) is 43.9 Å². The highest BCUT2D eigenvalue weighted by atomic mass is 16.5. The zero-order valence-electron chi connectivity index (χ0n) is 15.1. The second-order valence-corrected chi connectivity index (χ2v) is 6.40. The first-order valence-electron chi connectivity index (χ1n) is 8.91. The molecule has 0 radical (unpaired) electrons. The molecule has 1 fully saturated rings. The van der Waals surface area contributed by atoms with Gasteiger partial charge in [-0.2, -0.15) is 0 Å². The number of likely N-dealkylation sites (tertiary alicyclic amines) is 1. The molecule has 1 aromatic heterocycles. The third kappa shape index (κ3) is 5.46. The Balaban J connectivity index is 1.36. The monoisotopic (exact) mass is 355 g/mol. The lowest BCUT2D eigenvalue weighted by Crippen LogP contribution is -2.45. The maximum absolute atomic E-state index is 12.1. The number of carbonyl (C=O) groups is 1. The van der Waals surface area contributed by atoms with Crippen LogP contribution in [0.25, 0.3) is 0 Å². The summed E-state index contributed by atoms with van der Waals surface area (Å²) in [5, 5.41) is 3.07. The molecule has 0 atom stereocenters. The van der Waals surface area contributed by atoms with E-state index in [4.69, 9.17) is 9.47 Å². The van der Waals surface area contributed by atoms with Crippen molar-refractivity contribution in [2.45, 2.75) is 25.4 Å². The normalized spacial score (nSPS) is 15.4. The van der Waals surface area contributed by atoms with E-state index in [-0.39, 0.29) is 18.6 Å². The Kier molecular flexibility index (Phi) is 6.44. The van der Waals surface area contributed by atoms with Gasteiger partial charge in [0.2, 0.25) is 0 Å². The predicted octanol–water partition coefficient (Wildman–Crippen LogP) is 2.25. The fraction of sp³-hybridized carbons (Fsp3) is 0.400. The van der Waals surface area contributed by atoms with Gasteiger partial charge in [-0.05, 0) is 49.2 Å². The Labute approximate surface area is 154 Å². The molecule has 1 saturated heterocycles. The summed E-state index contributed by atoms with van der Waals surface area (Å²) in [6.45, 7) is 2.81. The van der Waals surface area contributed by atoms with E-state index < -0.39 is 0 Å². The maximum atomic E-state index is 12.1. The summed E-state index contributed by atoms with van der Waals surface area (Å²) in [7, 11) is 1.62. The van der Waals surface area contributed by atoms with Crippen LogP contribution in [0.15, 0.2) is 48.7 Å². The first-order chi connectivity index (χ1) is 12.7. The standard InChI is InChI=1S/C20H25N3O3/c1-25-18-5-7-19(8-6-18)26-15-20(24)22-16-9-12-23(13-10-16)14-17-4-2-3-11-21-17/h2-8,11,16H,9-10,12-15H2,1H3,(H,22,24).